The lowest BCUT2D eigenvalue weighted by atomic mass is 10.0. The van der Waals surface area contributed by atoms with Crippen LogP contribution < -0.4 is 10.9 Å². The number of hydrogen-bond donors (Lipinski definition) is 3. The summed E-state index contributed by atoms with van der Waals surface area (Å²) < 4.78 is 51.3. The van der Waals surface area contributed by atoms with E-state index in [9.17, 15) is 16.8 Å². The van der Waals surface area contributed by atoms with Gasteiger partial charge in [-0.3, -0.25) is 5.41 Å². The minimum absolute atomic E-state index is 0.0802. The Morgan fingerprint density at radius 1 is 1.00 bits per heavy atom. The number of aromatic nitrogens is 4. The van der Waals surface area contributed by atoms with Gasteiger partial charge in [-0.25, -0.2) is 22.0 Å². The number of nitrogens with two attached hydrogens (primary N) is 2. The number of nitrogens with one attached hydrogen (secondary N) is 1. The molecule has 0 spiro atoms. The van der Waals surface area contributed by atoms with Gasteiger partial charge in [-0.2, -0.15) is 4.68 Å². The Balaban J connectivity index is 1.69. The van der Waals surface area contributed by atoms with E-state index in [2.05, 4.69) is 15.5 Å². The first kappa shape index (κ1) is 24.5. The second-order valence-corrected chi connectivity index (χ2v) is 11.3. The first-order valence-corrected chi connectivity index (χ1v) is 13.4. The molecule has 0 aliphatic rings. The highest BCUT2D eigenvalue weighted by molar-refractivity contribution is 7.90. The highest BCUT2D eigenvalue weighted by Gasteiger charge is 2.26. The summed E-state index contributed by atoms with van der Waals surface area (Å²) in [6.45, 7) is 0. The van der Waals surface area contributed by atoms with Gasteiger partial charge in [-0.05, 0) is 45.8 Å². The third kappa shape index (κ3) is 5.07. The molecule has 4 rings (SSSR count). The van der Waals surface area contributed by atoms with Crippen molar-refractivity contribution < 1.29 is 16.8 Å². The average molecular weight is 532 g/mol. The zero-order valence-electron chi connectivity index (χ0n) is 17.8. The summed E-state index contributed by atoms with van der Waals surface area (Å²) >= 11 is 6.38. The van der Waals surface area contributed by atoms with Gasteiger partial charge < -0.3 is 5.73 Å². The molecule has 0 fully saturated rings. The Labute approximate surface area is 205 Å². The molecule has 14 heteroatoms. The van der Waals surface area contributed by atoms with Crippen LogP contribution in [0.3, 0.4) is 0 Å². The third-order valence-corrected chi connectivity index (χ3v) is 7.85. The third-order valence-electron chi connectivity index (χ3n) is 5.02. The van der Waals surface area contributed by atoms with Crippen LogP contribution >= 0.6 is 11.6 Å². The molecule has 180 valence electrons. The number of primary sulfonamides is 1. The lowest BCUT2D eigenvalue weighted by Gasteiger charge is -2.11. The molecular weight excluding hydrogens is 514 g/mol. The molecule has 0 amide bonds. The summed E-state index contributed by atoms with van der Waals surface area (Å²) in [7, 11) is -8.06. The van der Waals surface area contributed by atoms with Crippen molar-refractivity contribution in [3.05, 3.63) is 82.9 Å². The molecule has 0 aliphatic carbocycles. The van der Waals surface area contributed by atoms with Gasteiger partial charge in [0, 0.05) is 16.1 Å². The SMILES string of the molecule is N=C(N)c1cccc(-n2nnnc2S(=O)(=O)Cc2ccc(-c3ccccc3S(N)(=O)=O)cc2Cl)c1. The molecule has 0 bridgehead atoms. The van der Waals surface area contributed by atoms with Crippen LogP contribution in [0.25, 0.3) is 16.8 Å². The summed E-state index contributed by atoms with van der Waals surface area (Å²) in [5.41, 5.74) is 7.24. The maximum Gasteiger partial charge on any atom is 0.272 e. The standard InChI is InChI=1S/C21H18ClN7O4S2/c22-18-11-13(17-6-1-2-7-19(17)35(25,32)33)8-9-15(18)12-34(30,31)21-26-27-28-29(21)16-5-3-4-14(10-16)20(23)24/h1-11H,12H2,(H3,23,24)(H2,25,32,33). The van der Waals surface area contributed by atoms with Gasteiger partial charge in [-0.15, -0.1) is 0 Å². The lowest BCUT2D eigenvalue weighted by Crippen LogP contribution is -2.15. The predicted octanol–water partition coefficient (Wildman–Crippen LogP) is 1.89. The van der Waals surface area contributed by atoms with Gasteiger partial charge in [0.15, 0.2) is 0 Å². The predicted molar refractivity (Wildman–Crippen MR) is 129 cm³/mol. The summed E-state index contributed by atoms with van der Waals surface area (Å²) in [4.78, 5) is -0.0802. The molecule has 11 nitrogen and oxygen atoms in total. The smallest absolute Gasteiger partial charge is 0.272 e. The van der Waals surface area contributed by atoms with Crippen molar-refractivity contribution in [1.82, 2.24) is 20.2 Å². The van der Waals surface area contributed by atoms with Crippen molar-refractivity contribution in [2.45, 2.75) is 15.8 Å². The Morgan fingerprint density at radius 2 is 1.74 bits per heavy atom. The van der Waals surface area contributed by atoms with Crippen LogP contribution in [-0.2, 0) is 25.6 Å². The van der Waals surface area contributed by atoms with Gasteiger partial charge in [0.25, 0.3) is 5.16 Å². The highest BCUT2D eigenvalue weighted by Crippen LogP contribution is 2.31. The van der Waals surface area contributed by atoms with Crippen LogP contribution in [0.15, 0.2) is 76.8 Å². The molecule has 0 unspecified atom stereocenters. The van der Waals surface area contributed by atoms with E-state index in [4.69, 9.17) is 27.9 Å². The largest absolute Gasteiger partial charge is 0.384 e. The number of benzene rings is 3. The van der Waals surface area contributed by atoms with Gasteiger partial charge in [0.05, 0.1) is 16.3 Å². The van der Waals surface area contributed by atoms with Crippen molar-refractivity contribution in [2.24, 2.45) is 10.9 Å². The van der Waals surface area contributed by atoms with Crippen molar-refractivity contribution in [3.63, 3.8) is 0 Å². The second kappa shape index (κ2) is 9.19. The molecule has 0 atom stereocenters. The fraction of sp³-hybridized carbons (Fsp3) is 0.0476. The maximum atomic E-state index is 13.2. The van der Waals surface area contributed by atoms with Crippen LogP contribution in [0.1, 0.15) is 11.1 Å². The number of tetrazole rings is 1. The molecular formula is C21H18ClN7O4S2. The zero-order valence-corrected chi connectivity index (χ0v) is 20.2. The lowest BCUT2D eigenvalue weighted by molar-refractivity contribution is 0.579. The number of rotatable bonds is 7. The summed E-state index contributed by atoms with van der Waals surface area (Å²) in [5.74, 6) is -0.712. The first-order valence-electron chi connectivity index (χ1n) is 9.84. The molecule has 1 aromatic heterocycles. The van der Waals surface area contributed by atoms with Gasteiger partial charge in [0.1, 0.15) is 5.84 Å². The molecule has 0 saturated carbocycles. The number of sulfonamides is 1. The van der Waals surface area contributed by atoms with E-state index in [1.165, 1.54) is 24.3 Å². The van der Waals surface area contributed by atoms with Crippen LogP contribution in [-0.4, -0.2) is 42.9 Å². The van der Waals surface area contributed by atoms with Crippen molar-refractivity contribution in [1.29, 1.82) is 5.41 Å². The van der Waals surface area contributed by atoms with Crippen molar-refractivity contribution in [2.75, 3.05) is 0 Å². The Hall–Kier alpha value is -3.65. The number of sulfone groups is 1. The summed E-state index contributed by atoms with van der Waals surface area (Å²) in [5, 5.41) is 23.5. The zero-order chi connectivity index (χ0) is 25.4. The van der Waals surface area contributed by atoms with Gasteiger partial charge >= 0.3 is 0 Å². The quantitative estimate of drug-likeness (QED) is 0.238. The van der Waals surface area contributed by atoms with Crippen LogP contribution in [0.5, 0.6) is 0 Å². The molecule has 35 heavy (non-hydrogen) atoms. The van der Waals surface area contributed by atoms with E-state index in [-0.39, 0.29) is 21.3 Å². The summed E-state index contributed by atoms with van der Waals surface area (Å²) in [6.07, 6.45) is 0. The van der Waals surface area contributed by atoms with Gasteiger partial charge in [0.2, 0.25) is 19.9 Å². The number of nitrogens with zero attached hydrogens (tertiary/aromatic N) is 4. The fourth-order valence-corrected chi connectivity index (χ4v) is 5.84. The molecule has 0 saturated heterocycles. The second-order valence-electron chi connectivity index (χ2n) is 7.44. The van der Waals surface area contributed by atoms with Crippen molar-refractivity contribution >= 4 is 37.3 Å². The van der Waals surface area contributed by atoms with E-state index in [0.717, 1.165) is 4.68 Å². The number of nitrogen functional groups attached to an aromatic ring is 1. The monoisotopic (exact) mass is 531 g/mol. The summed E-state index contributed by atoms with van der Waals surface area (Å²) in [6, 6.07) is 16.9. The van der Waals surface area contributed by atoms with Crippen LogP contribution in [0, 0.1) is 5.41 Å². The first-order chi connectivity index (χ1) is 16.5. The Bertz CT molecular complexity index is 1670. The van der Waals surface area contributed by atoms with E-state index >= 15 is 0 Å². The van der Waals surface area contributed by atoms with E-state index < -0.39 is 30.8 Å². The number of halogens is 1. The maximum absolute atomic E-state index is 13.2. The molecule has 5 N–H and O–H groups in total. The highest BCUT2D eigenvalue weighted by atomic mass is 35.5. The van der Waals surface area contributed by atoms with E-state index in [0.29, 0.717) is 22.4 Å². The average Bonchev–Trinajstić information content (AvgIpc) is 3.31. The van der Waals surface area contributed by atoms with E-state index in [1.54, 1.807) is 42.5 Å². The number of amidine groups is 1. The molecule has 3 aromatic carbocycles. The van der Waals surface area contributed by atoms with E-state index in [1.807, 2.05) is 0 Å². The van der Waals surface area contributed by atoms with Crippen LogP contribution in [0.4, 0.5) is 0 Å². The molecule has 0 radical (unpaired) electrons. The fourth-order valence-electron chi connectivity index (χ4n) is 3.39. The Kier molecular flexibility index (Phi) is 6.42. The molecule has 1 heterocycles. The normalized spacial score (nSPS) is 11.9. The van der Waals surface area contributed by atoms with Crippen LogP contribution in [0.2, 0.25) is 5.02 Å². The minimum Gasteiger partial charge on any atom is -0.384 e. The number of hydrogen-bond acceptors (Lipinski definition) is 8. The molecule has 0 aliphatic heterocycles. The Morgan fingerprint density at radius 3 is 2.43 bits per heavy atom. The van der Waals surface area contributed by atoms with Crippen molar-refractivity contribution in [3.8, 4) is 16.8 Å². The van der Waals surface area contributed by atoms with Gasteiger partial charge in [-0.1, -0.05) is 59.2 Å². The topological polar surface area (TPSA) is 188 Å². The minimum atomic E-state index is -4.07. The molecule has 4 aromatic rings.